The number of halogens is 1. The Labute approximate surface area is 171 Å². The number of pyridine rings is 1. The first-order valence-corrected chi connectivity index (χ1v) is 10.8. The average molecular weight is 458 g/mol. The number of hydrogen-bond donors (Lipinski definition) is 1. The molecule has 8 heteroatoms. The number of aromatic nitrogens is 1. The van der Waals surface area contributed by atoms with Crippen LogP contribution in [0.4, 0.5) is 5.69 Å². The van der Waals surface area contributed by atoms with Crippen molar-refractivity contribution >= 4 is 37.5 Å². The van der Waals surface area contributed by atoms with Crippen LogP contribution < -0.4 is 9.62 Å². The summed E-state index contributed by atoms with van der Waals surface area (Å²) in [6.45, 7) is -0.0180. The van der Waals surface area contributed by atoms with Crippen molar-refractivity contribution in [3.63, 3.8) is 0 Å². The first-order valence-electron chi connectivity index (χ1n) is 8.54. The number of benzene rings is 2. The minimum atomic E-state index is -3.84. The molecule has 0 saturated heterocycles. The van der Waals surface area contributed by atoms with Crippen LogP contribution in [0.1, 0.15) is 5.56 Å². The Hall–Kier alpha value is -2.71. The number of amides is 1. The van der Waals surface area contributed by atoms with Gasteiger partial charge in [-0.1, -0.05) is 40.2 Å². The molecule has 1 aliphatic rings. The second-order valence-electron chi connectivity index (χ2n) is 6.31. The fourth-order valence-electron chi connectivity index (χ4n) is 3.16. The van der Waals surface area contributed by atoms with Crippen LogP contribution in [0.3, 0.4) is 0 Å². The highest BCUT2D eigenvalue weighted by atomic mass is 79.9. The summed E-state index contributed by atoms with van der Waals surface area (Å²) in [5.74, 6) is -0.388. The van der Waals surface area contributed by atoms with E-state index in [0.29, 0.717) is 11.3 Å². The molecule has 1 N–H and O–H groups in total. The van der Waals surface area contributed by atoms with Gasteiger partial charge in [0, 0.05) is 34.5 Å². The Morgan fingerprint density at radius 1 is 1.07 bits per heavy atom. The maximum absolute atomic E-state index is 13.2. The minimum Gasteiger partial charge on any atom is -0.350 e. The Balaban J connectivity index is 1.66. The third-order valence-electron chi connectivity index (χ3n) is 4.47. The van der Waals surface area contributed by atoms with Gasteiger partial charge in [-0.15, -0.1) is 0 Å². The smallest absolute Gasteiger partial charge is 0.265 e. The van der Waals surface area contributed by atoms with Gasteiger partial charge < -0.3 is 5.32 Å². The highest BCUT2D eigenvalue weighted by Crippen LogP contribution is 2.43. The van der Waals surface area contributed by atoms with Crippen LogP contribution in [0.2, 0.25) is 0 Å². The van der Waals surface area contributed by atoms with E-state index in [1.54, 1.807) is 54.9 Å². The fourth-order valence-corrected chi connectivity index (χ4v) is 5.17. The molecule has 0 bridgehead atoms. The lowest BCUT2D eigenvalue weighted by atomic mass is 10.0. The molecule has 0 radical (unpaired) electrons. The lowest BCUT2D eigenvalue weighted by molar-refractivity contribution is -0.119. The molecule has 1 amide bonds. The molecule has 4 rings (SSSR count). The van der Waals surface area contributed by atoms with E-state index >= 15 is 0 Å². The van der Waals surface area contributed by atoms with E-state index in [-0.39, 0.29) is 23.9 Å². The van der Waals surface area contributed by atoms with Crippen LogP contribution in [0, 0.1) is 0 Å². The Morgan fingerprint density at radius 3 is 2.68 bits per heavy atom. The number of anilines is 1. The standard InChI is InChI=1S/C20H16BrN3O3S/c21-15-7-8-18-17(10-15)16-5-1-2-6-19(16)28(26,27)24(18)13-20(25)23-12-14-4-3-9-22-11-14/h1-11H,12-13H2,(H,23,25). The summed E-state index contributed by atoms with van der Waals surface area (Å²) in [7, 11) is -3.84. The van der Waals surface area contributed by atoms with Gasteiger partial charge >= 0.3 is 0 Å². The van der Waals surface area contributed by atoms with Crippen LogP contribution in [-0.2, 0) is 21.4 Å². The number of carbonyl (C=O) groups excluding carboxylic acids is 1. The van der Waals surface area contributed by atoms with Crippen molar-refractivity contribution in [1.82, 2.24) is 10.3 Å². The minimum absolute atomic E-state index is 0.195. The summed E-state index contributed by atoms with van der Waals surface area (Å²) >= 11 is 3.44. The molecule has 0 aliphatic carbocycles. The molecule has 2 aromatic carbocycles. The van der Waals surface area contributed by atoms with E-state index in [1.807, 2.05) is 12.1 Å². The van der Waals surface area contributed by atoms with E-state index in [2.05, 4.69) is 26.2 Å². The number of nitrogens with one attached hydrogen (secondary N) is 1. The zero-order chi connectivity index (χ0) is 19.7. The van der Waals surface area contributed by atoms with E-state index in [9.17, 15) is 13.2 Å². The summed E-state index contributed by atoms with van der Waals surface area (Å²) in [5.41, 5.74) is 2.72. The van der Waals surface area contributed by atoms with Crippen molar-refractivity contribution in [3.05, 3.63) is 77.0 Å². The molecule has 0 atom stereocenters. The summed E-state index contributed by atoms with van der Waals surface area (Å²) in [4.78, 5) is 16.7. The van der Waals surface area contributed by atoms with Gasteiger partial charge in [0.1, 0.15) is 6.54 Å². The van der Waals surface area contributed by atoms with Gasteiger partial charge in [-0.25, -0.2) is 8.42 Å². The van der Waals surface area contributed by atoms with Crippen LogP contribution in [0.5, 0.6) is 0 Å². The summed E-state index contributed by atoms with van der Waals surface area (Å²) in [6.07, 6.45) is 3.30. The second-order valence-corrected chi connectivity index (χ2v) is 9.05. The molecule has 142 valence electrons. The third-order valence-corrected chi connectivity index (χ3v) is 6.78. The van der Waals surface area contributed by atoms with Gasteiger partial charge in [0.05, 0.1) is 10.6 Å². The molecule has 0 unspecified atom stereocenters. The quantitative estimate of drug-likeness (QED) is 0.651. The number of carbonyl (C=O) groups is 1. The summed E-state index contributed by atoms with van der Waals surface area (Å²) < 4.78 is 28.4. The van der Waals surface area contributed by atoms with Crippen LogP contribution >= 0.6 is 15.9 Å². The molecular weight excluding hydrogens is 442 g/mol. The Kier molecular flexibility index (Phi) is 4.91. The van der Waals surface area contributed by atoms with Gasteiger partial charge in [0.25, 0.3) is 10.0 Å². The fraction of sp³-hybridized carbons (Fsp3) is 0.100. The predicted octanol–water partition coefficient (Wildman–Crippen LogP) is 3.34. The number of hydrogen-bond acceptors (Lipinski definition) is 4. The lowest BCUT2D eigenvalue weighted by Gasteiger charge is -2.31. The zero-order valence-electron chi connectivity index (χ0n) is 14.7. The zero-order valence-corrected chi connectivity index (χ0v) is 17.1. The van der Waals surface area contributed by atoms with E-state index in [1.165, 1.54) is 0 Å². The lowest BCUT2D eigenvalue weighted by Crippen LogP contribution is -2.42. The van der Waals surface area contributed by atoms with Gasteiger partial charge in [0.2, 0.25) is 5.91 Å². The largest absolute Gasteiger partial charge is 0.350 e. The monoisotopic (exact) mass is 457 g/mol. The average Bonchev–Trinajstić information content (AvgIpc) is 2.71. The molecule has 0 saturated carbocycles. The van der Waals surface area contributed by atoms with E-state index in [0.717, 1.165) is 19.9 Å². The topological polar surface area (TPSA) is 79.4 Å². The van der Waals surface area contributed by atoms with Gasteiger partial charge in [-0.3, -0.25) is 14.1 Å². The van der Waals surface area contributed by atoms with Crippen LogP contribution in [0.15, 0.2) is 76.4 Å². The van der Waals surface area contributed by atoms with Gasteiger partial charge in [-0.2, -0.15) is 0 Å². The van der Waals surface area contributed by atoms with Crippen molar-refractivity contribution in [3.8, 4) is 11.1 Å². The molecule has 1 aromatic heterocycles. The number of rotatable bonds is 4. The van der Waals surface area contributed by atoms with Crippen LogP contribution in [-0.4, -0.2) is 25.9 Å². The first kappa shape index (κ1) is 18.6. The Bertz CT molecular complexity index is 1150. The summed E-state index contributed by atoms with van der Waals surface area (Å²) in [5, 5.41) is 2.76. The Morgan fingerprint density at radius 2 is 1.89 bits per heavy atom. The van der Waals surface area contributed by atoms with Crippen LogP contribution in [0.25, 0.3) is 11.1 Å². The maximum atomic E-state index is 13.2. The molecule has 6 nitrogen and oxygen atoms in total. The highest BCUT2D eigenvalue weighted by Gasteiger charge is 2.35. The number of sulfonamides is 1. The van der Waals surface area contributed by atoms with Crippen molar-refractivity contribution < 1.29 is 13.2 Å². The molecule has 2 heterocycles. The van der Waals surface area contributed by atoms with E-state index < -0.39 is 10.0 Å². The third kappa shape index (κ3) is 3.41. The molecule has 0 spiro atoms. The highest BCUT2D eigenvalue weighted by molar-refractivity contribution is 9.10. The predicted molar refractivity (Wildman–Crippen MR) is 110 cm³/mol. The number of fused-ring (bicyclic) bond motifs is 3. The van der Waals surface area contributed by atoms with Crippen molar-refractivity contribution in [2.24, 2.45) is 0 Å². The molecule has 3 aromatic rings. The van der Waals surface area contributed by atoms with Crippen molar-refractivity contribution in [2.45, 2.75) is 11.4 Å². The first-order chi connectivity index (χ1) is 13.5. The molecule has 0 fully saturated rings. The number of nitrogens with zero attached hydrogens (tertiary/aromatic N) is 2. The molecule has 28 heavy (non-hydrogen) atoms. The maximum Gasteiger partial charge on any atom is 0.265 e. The molecule has 1 aliphatic heterocycles. The summed E-state index contributed by atoms with van der Waals surface area (Å²) in [6, 6.07) is 15.8. The second kappa shape index (κ2) is 7.37. The van der Waals surface area contributed by atoms with Gasteiger partial charge in [-0.05, 0) is 35.9 Å². The normalized spacial score (nSPS) is 14.1. The van der Waals surface area contributed by atoms with Gasteiger partial charge in [0.15, 0.2) is 0 Å². The van der Waals surface area contributed by atoms with E-state index in [4.69, 9.17) is 0 Å². The SMILES string of the molecule is O=C(CN1c2ccc(Br)cc2-c2ccccc2S1(=O)=O)NCc1cccnc1. The van der Waals surface area contributed by atoms with Crippen molar-refractivity contribution in [2.75, 3.05) is 10.8 Å². The van der Waals surface area contributed by atoms with Crippen molar-refractivity contribution in [1.29, 1.82) is 0 Å². The molecular formula is C20H16BrN3O3S.